The Hall–Kier alpha value is -1.26. The first-order valence-electron chi connectivity index (χ1n) is 5.71. The Kier molecular flexibility index (Phi) is 3.86. The summed E-state index contributed by atoms with van der Waals surface area (Å²) in [6.45, 7) is 7.05. The third kappa shape index (κ3) is 3.35. The van der Waals surface area contributed by atoms with Crippen LogP contribution in [0.3, 0.4) is 0 Å². The summed E-state index contributed by atoms with van der Waals surface area (Å²) < 4.78 is 0. The van der Waals surface area contributed by atoms with Crippen molar-refractivity contribution in [3.63, 3.8) is 0 Å². The fourth-order valence-corrected chi connectivity index (χ4v) is 2.47. The van der Waals surface area contributed by atoms with Crippen LogP contribution in [-0.4, -0.2) is 9.97 Å². The summed E-state index contributed by atoms with van der Waals surface area (Å²) in [5, 5.41) is 6.69. The Morgan fingerprint density at radius 1 is 1.35 bits per heavy atom. The van der Waals surface area contributed by atoms with Crippen LogP contribution in [-0.2, 0) is 6.54 Å². The van der Waals surface area contributed by atoms with Crippen LogP contribution >= 0.6 is 11.3 Å². The number of hydrogen-bond acceptors (Lipinski definition) is 4. The minimum Gasteiger partial charge on any atom is -0.304 e. The Labute approximate surface area is 106 Å². The molecule has 0 aliphatic rings. The van der Waals surface area contributed by atoms with E-state index >= 15 is 0 Å². The van der Waals surface area contributed by atoms with E-state index in [0.717, 1.165) is 17.2 Å². The van der Waals surface area contributed by atoms with Gasteiger partial charge >= 0.3 is 0 Å². The lowest BCUT2D eigenvalue weighted by molar-refractivity contribution is 0.570. The number of aryl methyl sites for hydroxylation is 2. The fraction of sp³-hybridized carbons (Fsp3) is 0.385. The van der Waals surface area contributed by atoms with E-state index in [1.54, 1.807) is 11.3 Å². The van der Waals surface area contributed by atoms with Crippen molar-refractivity contribution in [2.75, 3.05) is 0 Å². The van der Waals surface area contributed by atoms with Crippen LogP contribution in [0.1, 0.15) is 34.8 Å². The quantitative estimate of drug-likeness (QED) is 0.902. The number of pyridine rings is 1. The van der Waals surface area contributed by atoms with Gasteiger partial charge in [-0.05, 0) is 31.9 Å². The highest BCUT2D eigenvalue weighted by Crippen LogP contribution is 2.17. The molecule has 1 atom stereocenters. The molecule has 2 rings (SSSR count). The highest BCUT2D eigenvalue weighted by atomic mass is 32.1. The zero-order valence-corrected chi connectivity index (χ0v) is 11.2. The van der Waals surface area contributed by atoms with E-state index in [1.165, 1.54) is 11.1 Å². The van der Waals surface area contributed by atoms with E-state index in [9.17, 15) is 0 Å². The summed E-state index contributed by atoms with van der Waals surface area (Å²) in [5.74, 6) is 0. The molecule has 17 heavy (non-hydrogen) atoms. The maximum atomic E-state index is 4.48. The molecule has 0 spiro atoms. The minimum atomic E-state index is 0.286. The van der Waals surface area contributed by atoms with E-state index < -0.39 is 0 Å². The van der Waals surface area contributed by atoms with Gasteiger partial charge in [-0.15, -0.1) is 11.3 Å². The molecule has 0 saturated carbocycles. The first-order valence-corrected chi connectivity index (χ1v) is 6.59. The van der Waals surface area contributed by atoms with Gasteiger partial charge in [0.25, 0.3) is 0 Å². The number of aromatic nitrogens is 2. The summed E-state index contributed by atoms with van der Waals surface area (Å²) in [7, 11) is 0. The summed E-state index contributed by atoms with van der Waals surface area (Å²) in [6.07, 6.45) is 3.77. The SMILES string of the molecule is Cc1cncc(CNC(C)c2nc(C)cs2)c1. The molecular formula is C13H17N3S. The molecule has 2 aromatic heterocycles. The van der Waals surface area contributed by atoms with Gasteiger partial charge in [0.2, 0.25) is 0 Å². The molecule has 2 heterocycles. The zero-order chi connectivity index (χ0) is 12.3. The van der Waals surface area contributed by atoms with Crippen molar-refractivity contribution < 1.29 is 0 Å². The van der Waals surface area contributed by atoms with Crippen molar-refractivity contribution in [1.29, 1.82) is 0 Å². The van der Waals surface area contributed by atoms with E-state index in [-0.39, 0.29) is 6.04 Å². The van der Waals surface area contributed by atoms with Crippen molar-refractivity contribution in [3.05, 3.63) is 45.7 Å². The molecule has 0 saturated heterocycles. The second kappa shape index (κ2) is 5.38. The van der Waals surface area contributed by atoms with Crippen molar-refractivity contribution in [2.24, 2.45) is 0 Å². The average molecular weight is 247 g/mol. The van der Waals surface area contributed by atoms with Crippen LogP contribution in [0.4, 0.5) is 0 Å². The van der Waals surface area contributed by atoms with Crippen molar-refractivity contribution in [3.8, 4) is 0 Å². The van der Waals surface area contributed by atoms with Gasteiger partial charge < -0.3 is 5.32 Å². The topological polar surface area (TPSA) is 37.8 Å². The van der Waals surface area contributed by atoms with Crippen LogP contribution < -0.4 is 5.32 Å². The van der Waals surface area contributed by atoms with Gasteiger partial charge in [0.1, 0.15) is 5.01 Å². The molecule has 0 aromatic carbocycles. The molecule has 3 nitrogen and oxygen atoms in total. The third-order valence-electron chi connectivity index (χ3n) is 2.55. The monoisotopic (exact) mass is 247 g/mol. The Balaban J connectivity index is 1.94. The second-order valence-corrected chi connectivity index (χ2v) is 5.19. The summed E-state index contributed by atoms with van der Waals surface area (Å²) in [4.78, 5) is 8.67. The maximum Gasteiger partial charge on any atom is 0.110 e. The van der Waals surface area contributed by atoms with Crippen LogP contribution in [0.15, 0.2) is 23.8 Å². The lowest BCUT2D eigenvalue weighted by atomic mass is 10.2. The van der Waals surface area contributed by atoms with Crippen LogP contribution in [0.2, 0.25) is 0 Å². The molecular weight excluding hydrogens is 230 g/mol. The number of nitrogens with one attached hydrogen (secondary N) is 1. The van der Waals surface area contributed by atoms with Gasteiger partial charge in [0.05, 0.1) is 6.04 Å². The number of nitrogens with zero attached hydrogens (tertiary/aromatic N) is 2. The highest BCUT2D eigenvalue weighted by Gasteiger charge is 2.08. The molecule has 1 N–H and O–H groups in total. The molecule has 90 valence electrons. The van der Waals surface area contributed by atoms with Gasteiger partial charge in [-0.3, -0.25) is 4.98 Å². The predicted molar refractivity (Wildman–Crippen MR) is 71.1 cm³/mol. The second-order valence-electron chi connectivity index (χ2n) is 4.30. The summed E-state index contributed by atoms with van der Waals surface area (Å²) in [5.41, 5.74) is 3.50. The predicted octanol–water partition coefficient (Wildman–Crippen LogP) is 3.01. The molecule has 0 aliphatic carbocycles. The number of rotatable bonds is 4. The van der Waals surface area contributed by atoms with Gasteiger partial charge in [0, 0.05) is 30.0 Å². The van der Waals surface area contributed by atoms with Crippen molar-refractivity contribution in [1.82, 2.24) is 15.3 Å². The summed E-state index contributed by atoms with van der Waals surface area (Å²) in [6, 6.07) is 2.44. The maximum absolute atomic E-state index is 4.48. The lowest BCUT2D eigenvalue weighted by Gasteiger charge is -2.11. The number of hydrogen-bond donors (Lipinski definition) is 1. The smallest absolute Gasteiger partial charge is 0.110 e. The molecule has 1 unspecified atom stereocenters. The van der Waals surface area contributed by atoms with E-state index in [0.29, 0.717) is 0 Å². The molecule has 4 heteroatoms. The van der Waals surface area contributed by atoms with E-state index in [2.05, 4.69) is 40.6 Å². The molecule has 0 aliphatic heterocycles. The third-order valence-corrected chi connectivity index (χ3v) is 3.70. The number of thiazole rings is 1. The molecule has 0 amide bonds. The van der Waals surface area contributed by atoms with Crippen molar-refractivity contribution in [2.45, 2.75) is 33.4 Å². The first kappa shape index (κ1) is 12.2. The average Bonchev–Trinajstić information content (AvgIpc) is 2.73. The lowest BCUT2D eigenvalue weighted by Crippen LogP contribution is -2.18. The molecule has 2 aromatic rings. The Morgan fingerprint density at radius 2 is 2.18 bits per heavy atom. The van der Waals surface area contributed by atoms with E-state index in [4.69, 9.17) is 0 Å². The van der Waals surface area contributed by atoms with Crippen LogP contribution in [0.25, 0.3) is 0 Å². The standard InChI is InChI=1S/C13H17N3S/c1-9-4-12(6-14-5-9)7-15-11(3)13-16-10(2)8-17-13/h4-6,8,11,15H,7H2,1-3H3. The van der Waals surface area contributed by atoms with Gasteiger partial charge in [0.15, 0.2) is 0 Å². The highest BCUT2D eigenvalue weighted by molar-refractivity contribution is 7.09. The van der Waals surface area contributed by atoms with Gasteiger partial charge in [-0.1, -0.05) is 6.07 Å². The molecule has 0 bridgehead atoms. The Morgan fingerprint density at radius 3 is 2.82 bits per heavy atom. The Bertz CT molecular complexity index is 493. The zero-order valence-electron chi connectivity index (χ0n) is 10.4. The molecule has 0 fully saturated rings. The fourth-order valence-electron chi connectivity index (χ4n) is 1.64. The van der Waals surface area contributed by atoms with Crippen molar-refractivity contribution >= 4 is 11.3 Å². The van der Waals surface area contributed by atoms with Crippen LogP contribution in [0, 0.1) is 13.8 Å². The normalized spacial score (nSPS) is 12.6. The van der Waals surface area contributed by atoms with E-state index in [1.807, 2.05) is 19.3 Å². The van der Waals surface area contributed by atoms with Gasteiger partial charge in [-0.25, -0.2) is 4.98 Å². The minimum absolute atomic E-state index is 0.286. The van der Waals surface area contributed by atoms with Crippen LogP contribution in [0.5, 0.6) is 0 Å². The first-order chi connectivity index (χ1) is 8.15. The molecule has 0 radical (unpaired) electrons. The summed E-state index contributed by atoms with van der Waals surface area (Å²) >= 11 is 1.71. The van der Waals surface area contributed by atoms with Gasteiger partial charge in [-0.2, -0.15) is 0 Å². The largest absolute Gasteiger partial charge is 0.304 e.